The maximum absolute atomic E-state index is 12.8. The number of aryl methyl sites for hydroxylation is 1. The normalized spacial score (nSPS) is 16.7. The van der Waals surface area contributed by atoms with E-state index in [1.807, 2.05) is 44.2 Å². The van der Waals surface area contributed by atoms with Crippen molar-refractivity contribution in [2.45, 2.75) is 32.7 Å². The van der Waals surface area contributed by atoms with Gasteiger partial charge in [0.25, 0.3) is 5.91 Å². The van der Waals surface area contributed by atoms with Crippen LogP contribution in [0.1, 0.15) is 35.9 Å². The first kappa shape index (κ1) is 17.4. The standard InChI is InChI=1S/C19H24N4O2/c1-13-12-17(24)18(21-23(13)16-6-4-3-5-7-16)19(25)22-10-8-15(9-11-22)14(2)20/h3-7,12,14-15H,8-11,20H2,1-2H3. The molecule has 1 atom stereocenters. The van der Waals surface area contributed by atoms with Crippen LogP contribution in [0.4, 0.5) is 0 Å². The Morgan fingerprint density at radius 3 is 2.48 bits per heavy atom. The van der Waals surface area contributed by atoms with Gasteiger partial charge in [-0.2, -0.15) is 5.10 Å². The molecule has 0 bridgehead atoms. The van der Waals surface area contributed by atoms with Gasteiger partial charge in [0.1, 0.15) is 0 Å². The second kappa shape index (κ2) is 7.19. The van der Waals surface area contributed by atoms with E-state index in [4.69, 9.17) is 5.73 Å². The molecule has 2 heterocycles. The molecule has 1 aromatic heterocycles. The lowest BCUT2D eigenvalue weighted by molar-refractivity contribution is 0.0671. The zero-order valence-electron chi connectivity index (χ0n) is 14.7. The molecule has 1 fully saturated rings. The lowest BCUT2D eigenvalue weighted by Crippen LogP contribution is -2.44. The SMILES string of the molecule is Cc1cc(=O)c(C(=O)N2CCC(C(C)N)CC2)nn1-c1ccccc1. The molecular weight excluding hydrogens is 316 g/mol. The maximum Gasteiger partial charge on any atom is 0.278 e. The zero-order valence-corrected chi connectivity index (χ0v) is 14.7. The maximum atomic E-state index is 12.8. The predicted molar refractivity (Wildman–Crippen MR) is 96.8 cm³/mol. The van der Waals surface area contributed by atoms with Crippen molar-refractivity contribution in [2.24, 2.45) is 11.7 Å². The average Bonchev–Trinajstić information content (AvgIpc) is 2.62. The van der Waals surface area contributed by atoms with Crippen molar-refractivity contribution in [2.75, 3.05) is 13.1 Å². The molecule has 0 spiro atoms. The summed E-state index contributed by atoms with van der Waals surface area (Å²) < 4.78 is 1.64. The van der Waals surface area contributed by atoms with E-state index in [0.29, 0.717) is 24.7 Å². The van der Waals surface area contributed by atoms with Crippen LogP contribution < -0.4 is 11.2 Å². The molecule has 0 radical (unpaired) electrons. The molecule has 2 aromatic rings. The Morgan fingerprint density at radius 1 is 1.24 bits per heavy atom. The molecular formula is C19H24N4O2. The second-order valence-electron chi connectivity index (χ2n) is 6.73. The summed E-state index contributed by atoms with van der Waals surface area (Å²) in [6.07, 6.45) is 1.73. The molecule has 1 aliphatic rings. The molecule has 3 rings (SSSR count). The predicted octanol–water partition coefficient (Wildman–Crippen LogP) is 1.74. The molecule has 6 nitrogen and oxygen atoms in total. The molecule has 132 valence electrons. The highest BCUT2D eigenvalue weighted by atomic mass is 16.2. The Labute approximate surface area is 147 Å². The minimum atomic E-state index is -0.330. The van der Waals surface area contributed by atoms with Gasteiger partial charge in [-0.25, -0.2) is 4.68 Å². The number of amides is 1. The summed E-state index contributed by atoms with van der Waals surface area (Å²) in [5.74, 6) is 0.133. The smallest absolute Gasteiger partial charge is 0.278 e. The lowest BCUT2D eigenvalue weighted by atomic mass is 9.91. The third-order valence-electron chi connectivity index (χ3n) is 4.88. The van der Waals surface area contributed by atoms with Gasteiger partial charge >= 0.3 is 0 Å². The topological polar surface area (TPSA) is 81.2 Å². The highest BCUT2D eigenvalue weighted by Crippen LogP contribution is 2.20. The Balaban J connectivity index is 1.87. The fourth-order valence-corrected chi connectivity index (χ4v) is 3.30. The summed E-state index contributed by atoms with van der Waals surface area (Å²) in [5, 5.41) is 4.36. The van der Waals surface area contributed by atoms with E-state index in [-0.39, 0.29) is 23.1 Å². The molecule has 25 heavy (non-hydrogen) atoms. The van der Waals surface area contributed by atoms with Gasteiger partial charge in [0, 0.05) is 30.9 Å². The van der Waals surface area contributed by atoms with Gasteiger partial charge in [-0.15, -0.1) is 0 Å². The quantitative estimate of drug-likeness (QED) is 0.923. The van der Waals surface area contributed by atoms with E-state index in [9.17, 15) is 9.59 Å². The first-order valence-corrected chi connectivity index (χ1v) is 8.68. The van der Waals surface area contributed by atoms with Crippen molar-refractivity contribution in [3.8, 4) is 5.69 Å². The Hall–Kier alpha value is -2.47. The molecule has 1 aromatic carbocycles. The number of nitrogens with zero attached hydrogens (tertiary/aromatic N) is 3. The first-order chi connectivity index (χ1) is 12.0. The van der Waals surface area contributed by atoms with Crippen LogP contribution in [0.25, 0.3) is 5.69 Å². The fourth-order valence-electron chi connectivity index (χ4n) is 3.30. The van der Waals surface area contributed by atoms with Gasteiger partial charge in [0.15, 0.2) is 5.69 Å². The number of nitrogens with two attached hydrogens (primary N) is 1. The highest BCUT2D eigenvalue weighted by molar-refractivity contribution is 5.92. The number of carbonyl (C=O) groups excluding carboxylic acids is 1. The Kier molecular flexibility index (Phi) is 4.99. The Bertz CT molecular complexity index is 806. The largest absolute Gasteiger partial charge is 0.337 e. The van der Waals surface area contributed by atoms with Gasteiger partial charge in [0.05, 0.1) is 5.69 Å². The third-order valence-corrected chi connectivity index (χ3v) is 4.88. The van der Waals surface area contributed by atoms with E-state index >= 15 is 0 Å². The first-order valence-electron chi connectivity index (χ1n) is 8.68. The van der Waals surface area contributed by atoms with Crippen molar-refractivity contribution in [3.05, 3.63) is 58.0 Å². The Morgan fingerprint density at radius 2 is 1.88 bits per heavy atom. The van der Waals surface area contributed by atoms with E-state index in [1.165, 1.54) is 6.07 Å². The minimum absolute atomic E-state index is 0.0197. The molecule has 1 amide bonds. The fraction of sp³-hybridized carbons (Fsp3) is 0.421. The van der Waals surface area contributed by atoms with Crippen LogP contribution >= 0.6 is 0 Å². The van der Waals surface area contributed by atoms with Crippen LogP contribution in [-0.4, -0.2) is 39.7 Å². The van der Waals surface area contributed by atoms with Gasteiger partial charge < -0.3 is 10.6 Å². The number of hydrogen-bond donors (Lipinski definition) is 1. The minimum Gasteiger partial charge on any atom is -0.337 e. The number of likely N-dealkylation sites (tertiary alicyclic amines) is 1. The van der Waals surface area contributed by atoms with Crippen molar-refractivity contribution in [1.29, 1.82) is 0 Å². The highest BCUT2D eigenvalue weighted by Gasteiger charge is 2.27. The van der Waals surface area contributed by atoms with E-state index in [0.717, 1.165) is 18.5 Å². The third kappa shape index (κ3) is 3.64. The summed E-state index contributed by atoms with van der Waals surface area (Å²) >= 11 is 0. The molecule has 0 saturated carbocycles. The van der Waals surface area contributed by atoms with Gasteiger partial charge in [-0.1, -0.05) is 18.2 Å². The van der Waals surface area contributed by atoms with Crippen LogP contribution in [-0.2, 0) is 0 Å². The van der Waals surface area contributed by atoms with Crippen molar-refractivity contribution < 1.29 is 4.79 Å². The summed E-state index contributed by atoms with van der Waals surface area (Å²) in [5.41, 5.74) is 7.13. The molecule has 1 saturated heterocycles. The van der Waals surface area contributed by atoms with E-state index in [1.54, 1.807) is 9.58 Å². The van der Waals surface area contributed by atoms with Gasteiger partial charge in [0.2, 0.25) is 5.43 Å². The lowest BCUT2D eigenvalue weighted by Gasteiger charge is -2.33. The summed E-state index contributed by atoms with van der Waals surface area (Å²) in [7, 11) is 0. The van der Waals surface area contributed by atoms with Crippen molar-refractivity contribution in [1.82, 2.24) is 14.7 Å². The molecule has 0 aliphatic carbocycles. The van der Waals surface area contributed by atoms with Crippen LogP contribution in [0.2, 0.25) is 0 Å². The second-order valence-corrected chi connectivity index (χ2v) is 6.73. The molecule has 1 aliphatic heterocycles. The van der Waals surface area contributed by atoms with Crippen molar-refractivity contribution in [3.63, 3.8) is 0 Å². The molecule has 2 N–H and O–H groups in total. The number of carbonyl (C=O) groups is 1. The van der Waals surface area contributed by atoms with Gasteiger partial charge in [-0.3, -0.25) is 9.59 Å². The van der Waals surface area contributed by atoms with Crippen LogP contribution in [0.5, 0.6) is 0 Å². The summed E-state index contributed by atoms with van der Waals surface area (Å²) in [6, 6.07) is 11.1. The van der Waals surface area contributed by atoms with E-state index < -0.39 is 0 Å². The molecule has 1 unspecified atom stereocenters. The number of hydrogen-bond acceptors (Lipinski definition) is 4. The summed E-state index contributed by atoms with van der Waals surface area (Å²) in [4.78, 5) is 26.9. The monoisotopic (exact) mass is 340 g/mol. The summed E-state index contributed by atoms with van der Waals surface area (Å²) in [6.45, 7) is 5.04. The molecule has 6 heteroatoms. The van der Waals surface area contributed by atoms with Gasteiger partial charge in [-0.05, 0) is 44.7 Å². The number of benzene rings is 1. The number of para-hydroxylation sites is 1. The number of piperidine rings is 1. The zero-order chi connectivity index (χ0) is 18.0. The number of aromatic nitrogens is 2. The van der Waals surface area contributed by atoms with Crippen LogP contribution in [0.15, 0.2) is 41.2 Å². The van der Waals surface area contributed by atoms with E-state index in [2.05, 4.69) is 5.10 Å². The number of rotatable bonds is 3. The van der Waals surface area contributed by atoms with Crippen LogP contribution in [0, 0.1) is 12.8 Å². The average molecular weight is 340 g/mol. The van der Waals surface area contributed by atoms with Crippen LogP contribution in [0.3, 0.4) is 0 Å². The van der Waals surface area contributed by atoms with Crippen molar-refractivity contribution >= 4 is 5.91 Å².